The second-order valence-corrected chi connectivity index (χ2v) is 4.09. The van der Waals surface area contributed by atoms with Gasteiger partial charge in [-0.2, -0.15) is 0 Å². The molecule has 0 spiro atoms. The smallest absolute Gasteiger partial charge is 0.160 e. The van der Waals surface area contributed by atoms with Gasteiger partial charge >= 0.3 is 0 Å². The second-order valence-electron chi connectivity index (χ2n) is 4.09. The van der Waals surface area contributed by atoms with E-state index in [9.17, 15) is 9.18 Å². The standard InChI is InChI=1S/C15H13FO.C2H6/c1-10-3-4-13(9-15(10)11(2)17)12-5-7-14(16)8-6-12;1-2/h3-9H,1-2H3;1-2H3. The average molecular weight is 258 g/mol. The number of hydrogen-bond donors (Lipinski definition) is 0. The third kappa shape index (κ3) is 3.75. The van der Waals surface area contributed by atoms with E-state index in [2.05, 4.69) is 0 Å². The quantitative estimate of drug-likeness (QED) is 0.690. The van der Waals surface area contributed by atoms with Crippen LogP contribution in [0, 0.1) is 12.7 Å². The van der Waals surface area contributed by atoms with E-state index >= 15 is 0 Å². The maximum absolute atomic E-state index is 12.8. The monoisotopic (exact) mass is 258 g/mol. The number of ketones is 1. The summed E-state index contributed by atoms with van der Waals surface area (Å²) in [5.74, 6) is -0.209. The molecular formula is C17H19FO. The zero-order chi connectivity index (χ0) is 14.4. The molecule has 2 aromatic carbocycles. The molecule has 0 unspecified atom stereocenters. The van der Waals surface area contributed by atoms with Gasteiger partial charge in [0.15, 0.2) is 5.78 Å². The van der Waals surface area contributed by atoms with E-state index in [-0.39, 0.29) is 11.6 Å². The Kier molecular flexibility index (Phi) is 5.43. The summed E-state index contributed by atoms with van der Waals surface area (Å²) >= 11 is 0. The van der Waals surface area contributed by atoms with Crippen molar-refractivity contribution in [2.75, 3.05) is 0 Å². The van der Waals surface area contributed by atoms with Crippen LogP contribution in [0.2, 0.25) is 0 Å². The van der Waals surface area contributed by atoms with E-state index < -0.39 is 0 Å². The first kappa shape index (κ1) is 15.1. The van der Waals surface area contributed by atoms with E-state index in [4.69, 9.17) is 0 Å². The molecule has 0 saturated heterocycles. The number of carbonyl (C=O) groups excluding carboxylic acids is 1. The van der Waals surface area contributed by atoms with Gasteiger partial charge in [0.25, 0.3) is 0 Å². The van der Waals surface area contributed by atoms with Gasteiger partial charge in [0.2, 0.25) is 0 Å². The molecule has 2 heteroatoms. The zero-order valence-electron chi connectivity index (χ0n) is 11.8. The van der Waals surface area contributed by atoms with Crippen molar-refractivity contribution >= 4 is 5.78 Å². The fraction of sp³-hybridized carbons (Fsp3) is 0.235. The van der Waals surface area contributed by atoms with Crippen molar-refractivity contribution < 1.29 is 9.18 Å². The van der Waals surface area contributed by atoms with E-state index in [0.717, 1.165) is 16.7 Å². The summed E-state index contributed by atoms with van der Waals surface area (Å²) < 4.78 is 12.8. The van der Waals surface area contributed by atoms with Crippen LogP contribution in [0.15, 0.2) is 42.5 Å². The van der Waals surface area contributed by atoms with E-state index in [1.54, 1.807) is 19.1 Å². The van der Waals surface area contributed by atoms with Crippen molar-refractivity contribution in [1.29, 1.82) is 0 Å². The van der Waals surface area contributed by atoms with Gasteiger partial charge < -0.3 is 0 Å². The van der Waals surface area contributed by atoms with Crippen molar-refractivity contribution in [2.45, 2.75) is 27.7 Å². The lowest BCUT2D eigenvalue weighted by molar-refractivity contribution is 0.101. The van der Waals surface area contributed by atoms with E-state index in [1.807, 2.05) is 39.0 Å². The first-order valence-electron chi connectivity index (χ1n) is 6.45. The third-order valence-corrected chi connectivity index (χ3v) is 2.79. The van der Waals surface area contributed by atoms with Crippen LogP contribution < -0.4 is 0 Å². The number of carbonyl (C=O) groups is 1. The molecule has 0 saturated carbocycles. The van der Waals surface area contributed by atoms with E-state index in [1.165, 1.54) is 12.1 Å². The number of benzene rings is 2. The Morgan fingerprint density at radius 1 is 0.947 bits per heavy atom. The maximum Gasteiger partial charge on any atom is 0.160 e. The van der Waals surface area contributed by atoms with Gasteiger partial charge in [-0.25, -0.2) is 4.39 Å². The molecule has 0 aliphatic carbocycles. The Morgan fingerprint density at radius 3 is 2.00 bits per heavy atom. The number of hydrogen-bond acceptors (Lipinski definition) is 1. The zero-order valence-corrected chi connectivity index (χ0v) is 11.8. The largest absolute Gasteiger partial charge is 0.295 e. The van der Waals surface area contributed by atoms with Crippen LogP contribution in [0.1, 0.15) is 36.7 Å². The molecule has 2 aromatic rings. The Balaban J connectivity index is 0.000000861. The first-order valence-corrected chi connectivity index (χ1v) is 6.45. The summed E-state index contributed by atoms with van der Waals surface area (Å²) in [5.41, 5.74) is 3.52. The van der Waals surface area contributed by atoms with E-state index in [0.29, 0.717) is 5.56 Å². The summed E-state index contributed by atoms with van der Waals surface area (Å²) in [5, 5.41) is 0. The predicted molar refractivity (Wildman–Crippen MR) is 77.9 cm³/mol. The van der Waals surface area contributed by atoms with Crippen LogP contribution in [0.4, 0.5) is 4.39 Å². The van der Waals surface area contributed by atoms with Crippen LogP contribution >= 0.6 is 0 Å². The SMILES string of the molecule is CC.CC(=O)c1cc(-c2ccc(F)cc2)ccc1C. The fourth-order valence-electron chi connectivity index (χ4n) is 1.82. The molecule has 0 amide bonds. The number of rotatable bonds is 2. The predicted octanol–water partition coefficient (Wildman–Crippen LogP) is 5.03. The molecule has 19 heavy (non-hydrogen) atoms. The molecule has 0 atom stereocenters. The second kappa shape index (κ2) is 6.83. The Hall–Kier alpha value is -1.96. The Bertz CT molecular complexity index is 556. The molecule has 2 rings (SSSR count). The summed E-state index contributed by atoms with van der Waals surface area (Å²) in [6, 6.07) is 12.0. The van der Waals surface area contributed by atoms with Crippen LogP contribution in [0.3, 0.4) is 0 Å². The average Bonchev–Trinajstić information content (AvgIpc) is 2.42. The Morgan fingerprint density at radius 2 is 1.47 bits per heavy atom. The lowest BCUT2D eigenvalue weighted by Gasteiger charge is -2.06. The van der Waals surface area contributed by atoms with Crippen LogP contribution in [-0.2, 0) is 0 Å². The summed E-state index contributed by atoms with van der Waals surface area (Å²) in [4.78, 5) is 11.4. The van der Waals surface area contributed by atoms with Gasteiger partial charge in [-0.05, 0) is 48.7 Å². The van der Waals surface area contributed by atoms with Crippen LogP contribution in [0.25, 0.3) is 11.1 Å². The number of aryl methyl sites for hydroxylation is 1. The minimum Gasteiger partial charge on any atom is -0.295 e. The topological polar surface area (TPSA) is 17.1 Å². The molecule has 0 heterocycles. The van der Waals surface area contributed by atoms with Gasteiger partial charge in [0.05, 0.1) is 0 Å². The van der Waals surface area contributed by atoms with Crippen molar-refractivity contribution in [2.24, 2.45) is 0 Å². The normalized spacial score (nSPS) is 9.53. The molecule has 0 aliphatic rings. The van der Waals surface area contributed by atoms with Gasteiger partial charge in [0.1, 0.15) is 5.82 Å². The fourth-order valence-corrected chi connectivity index (χ4v) is 1.82. The summed E-state index contributed by atoms with van der Waals surface area (Å²) in [6.45, 7) is 7.46. The van der Waals surface area contributed by atoms with Crippen molar-refractivity contribution in [3.63, 3.8) is 0 Å². The van der Waals surface area contributed by atoms with Gasteiger partial charge in [-0.3, -0.25) is 4.79 Å². The lowest BCUT2D eigenvalue weighted by atomic mass is 9.98. The highest BCUT2D eigenvalue weighted by Gasteiger charge is 2.06. The van der Waals surface area contributed by atoms with Crippen molar-refractivity contribution in [1.82, 2.24) is 0 Å². The third-order valence-electron chi connectivity index (χ3n) is 2.79. The van der Waals surface area contributed by atoms with Crippen LogP contribution in [0.5, 0.6) is 0 Å². The van der Waals surface area contributed by atoms with Gasteiger partial charge in [-0.1, -0.05) is 38.1 Å². The minimum absolute atomic E-state index is 0.0476. The molecule has 0 aromatic heterocycles. The summed E-state index contributed by atoms with van der Waals surface area (Å²) in [6.07, 6.45) is 0. The van der Waals surface area contributed by atoms with Gasteiger partial charge in [0, 0.05) is 5.56 Å². The van der Waals surface area contributed by atoms with Crippen LogP contribution in [-0.4, -0.2) is 5.78 Å². The highest BCUT2D eigenvalue weighted by atomic mass is 19.1. The molecular weight excluding hydrogens is 239 g/mol. The first-order chi connectivity index (χ1) is 9.08. The Labute approximate surface area is 114 Å². The highest BCUT2D eigenvalue weighted by molar-refractivity contribution is 5.96. The lowest BCUT2D eigenvalue weighted by Crippen LogP contribution is -1.96. The molecule has 100 valence electrons. The molecule has 1 nitrogen and oxygen atoms in total. The van der Waals surface area contributed by atoms with Crippen molar-refractivity contribution in [3.05, 3.63) is 59.4 Å². The molecule has 0 N–H and O–H groups in total. The molecule has 0 radical (unpaired) electrons. The molecule has 0 fully saturated rings. The maximum atomic E-state index is 12.8. The summed E-state index contributed by atoms with van der Waals surface area (Å²) in [7, 11) is 0. The number of halogens is 1. The minimum atomic E-state index is -0.257. The number of Topliss-reactive ketones (excluding diaryl/α,β-unsaturated/α-hetero) is 1. The molecule has 0 bridgehead atoms. The van der Waals surface area contributed by atoms with Gasteiger partial charge in [-0.15, -0.1) is 0 Å². The highest BCUT2D eigenvalue weighted by Crippen LogP contribution is 2.23. The molecule has 0 aliphatic heterocycles. The van der Waals surface area contributed by atoms with Crippen molar-refractivity contribution in [3.8, 4) is 11.1 Å².